The molecule has 0 radical (unpaired) electrons. The first-order valence-electron chi connectivity index (χ1n) is 5.28. The van der Waals surface area contributed by atoms with E-state index >= 15 is 0 Å². The fraction of sp³-hybridized carbons (Fsp3) is 0.455. The van der Waals surface area contributed by atoms with Gasteiger partial charge in [0.05, 0.1) is 15.8 Å². The lowest BCUT2D eigenvalue weighted by molar-refractivity contribution is 0.555. The molecule has 0 saturated carbocycles. The minimum absolute atomic E-state index is 0.0669. The van der Waals surface area contributed by atoms with Gasteiger partial charge in [0, 0.05) is 6.04 Å². The van der Waals surface area contributed by atoms with Gasteiger partial charge >= 0.3 is 0 Å². The highest BCUT2D eigenvalue weighted by molar-refractivity contribution is 7.88. The van der Waals surface area contributed by atoms with Crippen LogP contribution in [-0.2, 0) is 15.8 Å². The molecule has 1 rings (SSSR count). The Hall–Kier alpha value is -0.290. The van der Waals surface area contributed by atoms with Crippen molar-refractivity contribution >= 4 is 33.2 Å². The second kappa shape index (κ2) is 6.05. The smallest absolute Gasteiger partial charge is 0.212 e. The lowest BCUT2D eigenvalue weighted by Crippen LogP contribution is -2.32. The van der Waals surface area contributed by atoms with Crippen molar-refractivity contribution in [1.82, 2.24) is 4.72 Å². The van der Waals surface area contributed by atoms with Gasteiger partial charge in [0.15, 0.2) is 0 Å². The Kier molecular flexibility index (Phi) is 5.25. The topological polar surface area (TPSA) is 46.2 Å². The van der Waals surface area contributed by atoms with E-state index in [1.165, 1.54) is 0 Å². The minimum Gasteiger partial charge on any atom is -0.212 e. The van der Waals surface area contributed by atoms with Crippen LogP contribution in [-0.4, -0.2) is 14.5 Å². The van der Waals surface area contributed by atoms with Gasteiger partial charge in [-0.25, -0.2) is 13.1 Å². The molecule has 0 aromatic heterocycles. The molecule has 96 valence electrons. The van der Waals surface area contributed by atoms with E-state index < -0.39 is 10.0 Å². The number of sulfonamides is 1. The summed E-state index contributed by atoms with van der Waals surface area (Å²) in [5.41, 5.74) is 0.621. The monoisotopic (exact) mass is 295 g/mol. The van der Waals surface area contributed by atoms with Crippen LogP contribution in [0, 0.1) is 0 Å². The number of halogens is 2. The Bertz CT molecular complexity index is 488. The predicted octanol–water partition coefficient (Wildman–Crippen LogP) is 3.21. The van der Waals surface area contributed by atoms with Crippen molar-refractivity contribution in [3.05, 3.63) is 33.8 Å². The Balaban J connectivity index is 2.80. The molecule has 3 nitrogen and oxygen atoms in total. The van der Waals surface area contributed by atoms with E-state index in [1.807, 2.05) is 13.8 Å². The summed E-state index contributed by atoms with van der Waals surface area (Å²) in [7, 11) is -3.33. The highest BCUT2D eigenvalue weighted by Crippen LogP contribution is 2.23. The molecule has 1 unspecified atom stereocenters. The molecule has 0 aliphatic carbocycles. The number of benzene rings is 1. The molecule has 17 heavy (non-hydrogen) atoms. The minimum atomic E-state index is -3.33. The molecule has 0 amide bonds. The average Bonchev–Trinajstić information content (AvgIpc) is 2.22. The SMILES string of the molecule is CCC(C)NS(=O)(=O)Cc1ccc(Cl)c(Cl)c1. The fourth-order valence-corrected chi connectivity index (χ4v) is 3.08. The van der Waals surface area contributed by atoms with Crippen LogP contribution in [0.15, 0.2) is 18.2 Å². The van der Waals surface area contributed by atoms with E-state index in [9.17, 15) is 8.42 Å². The van der Waals surface area contributed by atoms with Gasteiger partial charge in [0.1, 0.15) is 0 Å². The first-order valence-corrected chi connectivity index (χ1v) is 7.69. The summed E-state index contributed by atoms with van der Waals surface area (Å²) >= 11 is 11.6. The molecule has 6 heteroatoms. The largest absolute Gasteiger partial charge is 0.216 e. The number of hydrogen-bond acceptors (Lipinski definition) is 2. The third-order valence-electron chi connectivity index (χ3n) is 2.33. The van der Waals surface area contributed by atoms with Gasteiger partial charge < -0.3 is 0 Å². The van der Waals surface area contributed by atoms with Crippen LogP contribution in [0.3, 0.4) is 0 Å². The number of hydrogen-bond donors (Lipinski definition) is 1. The van der Waals surface area contributed by atoms with Crippen LogP contribution < -0.4 is 4.72 Å². The Morgan fingerprint density at radius 1 is 1.29 bits per heavy atom. The highest BCUT2D eigenvalue weighted by atomic mass is 35.5. The zero-order valence-corrected chi connectivity index (χ0v) is 12.0. The standard InChI is InChI=1S/C11H15Cl2NO2S/c1-3-8(2)14-17(15,16)7-9-4-5-10(12)11(13)6-9/h4-6,8,14H,3,7H2,1-2H3. The molecule has 0 heterocycles. The van der Waals surface area contributed by atoms with E-state index in [1.54, 1.807) is 18.2 Å². The molecule has 1 atom stereocenters. The second-order valence-corrected chi connectivity index (χ2v) is 6.50. The van der Waals surface area contributed by atoms with Gasteiger partial charge in [-0.2, -0.15) is 0 Å². The number of nitrogens with one attached hydrogen (secondary N) is 1. The maximum absolute atomic E-state index is 11.8. The predicted molar refractivity (Wildman–Crippen MR) is 72.0 cm³/mol. The summed E-state index contributed by atoms with van der Waals surface area (Å²) in [6.45, 7) is 3.75. The lowest BCUT2D eigenvalue weighted by Gasteiger charge is -2.12. The molecule has 0 aliphatic heterocycles. The molecular formula is C11H15Cl2NO2S. The summed E-state index contributed by atoms with van der Waals surface area (Å²) in [5, 5.41) is 0.783. The molecule has 0 spiro atoms. The Labute approximate surface area is 112 Å². The van der Waals surface area contributed by atoms with Crippen LogP contribution in [0.5, 0.6) is 0 Å². The molecule has 0 bridgehead atoms. The molecule has 1 N–H and O–H groups in total. The lowest BCUT2D eigenvalue weighted by atomic mass is 10.2. The zero-order chi connectivity index (χ0) is 13.1. The Morgan fingerprint density at radius 2 is 1.94 bits per heavy atom. The Morgan fingerprint density at radius 3 is 2.47 bits per heavy atom. The van der Waals surface area contributed by atoms with Gasteiger partial charge in [-0.05, 0) is 31.0 Å². The van der Waals surface area contributed by atoms with Crippen LogP contribution in [0.2, 0.25) is 10.0 Å². The van der Waals surface area contributed by atoms with Crippen LogP contribution >= 0.6 is 23.2 Å². The molecular weight excluding hydrogens is 281 g/mol. The van der Waals surface area contributed by atoms with Crippen molar-refractivity contribution in [3.8, 4) is 0 Å². The van der Waals surface area contributed by atoms with Gasteiger partial charge in [-0.15, -0.1) is 0 Å². The molecule has 1 aromatic carbocycles. The van der Waals surface area contributed by atoms with E-state index in [2.05, 4.69) is 4.72 Å². The summed E-state index contributed by atoms with van der Waals surface area (Å²) in [5.74, 6) is -0.0891. The van der Waals surface area contributed by atoms with E-state index in [0.717, 1.165) is 6.42 Å². The van der Waals surface area contributed by atoms with Gasteiger partial charge in [-0.1, -0.05) is 36.2 Å². The van der Waals surface area contributed by atoms with Gasteiger partial charge in [0.25, 0.3) is 0 Å². The maximum Gasteiger partial charge on any atom is 0.216 e. The third kappa shape index (κ3) is 4.84. The van der Waals surface area contributed by atoms with Gasteiger partial charge in [0.2, 0.25) is 10.0 Å². The van der Waals surface area contributed by atoms with Crippen LogP contribution in [0.1, 0.15) is 25.8 Å². The van der Waals surface area contributed by atoms with Crippen molar-refractivity contribution in [1.29, 1.82) is 0 Å². The normalized spacial score (nSPS) is 13.6. The first kappa shape index (κ1) is 14.8. The fourth-order valence-electron chi connectivity index (χ4n) is 1.28. The zero-order valence-electron chi connectivity index (χ0n) is 9.70. The van der Waals surface area contributed by atoms with E-state index in [4.69, 9.17) is 23.2 Å². The van der Waals surface area contributed by atoms with Gasteiger partial charge in [-0.3, -0.25) is 0 Å². The molecule has 0 aliphatic rings. The van der Waals surface area contributed by atoms with E-state index in [-0.39, 0.29) is 11.8 Å². The molecule has 0 fully saturated rings. The van der Waals surface area contributed by atoms with E-state index in [0.29, 0.717) is 15.6 Å². The van der Waals surface area contributed by atoms with Crippen LogP contribution in [0.4, 0.5) is 0 Å². The van der Waals surface area contributed by atoms with Crippen molar-refractivity contribution in [3.63, 3.8) is 0 Å². The maximum atomic E-state index is 11.8. The summed E-state index contributed by atoms with van der Waals surface area (Å²) in [4.78, 5) is 0. The third-order valence-corrected chi connectivity index (χ3v) is 4.55. The summed E-state index contributed by atoms with van der Waals surface area (Å²) in [6, 6.07) is 4.75. The quantitative estimate of drug-likeness (QED) is 0.907. The van der Waals surface area contributed by atoms with Crippen molar-refractivity contribution in [2.45, 2.75) is 32.1 Å². The highest BCUT2D eigenvalue weighted by Gasteiger charge is 2.14. The average molecular weight is 296 g/mol. The second-order valence-electron chi connectivity index (χ2n) is 3.93. The summed E-state index contributed by atoms with van der Waals surface area (Å²) < 4.78 is 26.1. The first-order chi connectivity index (χ1) is 7.84. The van der Waals surface area contributed by atoms with Crippen LogP contribution in [0.25, 0.3) is 0 Å². The number of rotatable bonds is 5. The summed E-state index contributed by atoms with van der Waals surface area (Å²) in [6.07, 6.45) is 0.751. The van der Waals surface area contributed by atoms with Crippen molar-refractivity contribution in [2.75, 3.05) is 0 Å². The van der Waals surface area contributed by atoms with Crippen molar-refractivity contribution in [2.24, 2.45) is 0 Å². The molecule has 0 saturated heterocycles. The molecule has 1 aromatic rings. The van der Waals surface area contributed by atoms with Crippen molar-refractivity contribution < 1.29 is 8.42 Å².